The number of nitrogens with zero attached hydrogens (tertiary/aromatic N) is 2. The van der Waals surface area contributed by atoms with Gasteiger partial charge in [-0.05, 0) is 24.3 Å². The Morgan fingerprint density at radius 3 is 2.36 bits per heavy atom. The molecule has 0 atom stereocenters. The Hall–Kier alpha value is -3.02. The first-order chi connectivity index (χ1) is 10.6. The topological polar surface area (TPSA) is 76.6 Å². The van der Waals surface area contributed by atoms with E-state index in [1.54, 1.807) is 24.3 Å². The van der Waals surface area contributed by atoms with Gasteiger partial charge < -0.3 is 4.74 Å². The molecule has 1 aromatic heterocycles. The highest BCUT2D eigenvalue weighted by Gasteiger charge is 2.35. The van der Waals surface area contributed by atoms with Crippen molar-refractivity contribution in [2.75, 3.05) is 7.11 Å². The van der Waals surface area contributed by atoms with Crippen molar-refractivity contribution < 1.29 is 19.1 Å². The molecule has 0 radical (unpaired) electrons. The van der Waals surface area contributed by atoms with Gasteiger partial charge >= 0.3 is 5.97 Å². The Morgan fingerprint density at radius 1 is 1.14 bits per heavy atom. The number of rotatable bonds is 3. The average molecular weight is 296 g/mol. The molecule has 0 aliphatic carbocycles. The van der Waals surface area contributed by atoms with E-state index in [2.05, 4.69) is 9.72 Å². The van der Waals surface area contributed by atoms with Gasteiger partial charge in [0.1, 0.15) is 0 Å². The third-order valence-electron chi connectivity index (χ3n) is 3.44. The fourth-order valence-corrected chi connectivity index (χ4v) is 2.35. The fourth-order valence-electron chi connectivity index (χ4n) is 2.35. The second-order valence-electron chi connectivity index (χ2n) is 4.77. The largest absolute Gasteiger partial charge is 0.465 e. The number of hydrogen-bond donors (Lipinski definition) is 0. The van der Waals surface area contributed by atoms with Crippen LogP contribution in [0.15, 0.2) is 42.6 Å². The maximum atomic E-state index is 12.3. The van der Waals surface area contributed by atoms with Gasteiger partial charge in [0, 0.05) is 6.20 Å². The molecule has 110 valence electrons. The van der Waals surface area contributed by atoms with E-state index in [0.717, 1.165) is 4.90 Å². The van der Waals surface area contributed by atoms with Crippen LogP contribution in [-0.2, 0) is 11.3 Å². The van der Waals surface area contributed by atoms with Crippen LogP contribution in [0, 0.1) is 0 Å². The highest BCUT2D eigenvalue weighted by atomic mass is 16.5. The normalized spacial score (nSPS) is 13.2. The number of carbonyl (C=O) groups is 3. The van der Waals surface area contributed by atoms with Crippen LogP contribution in [-0.4, -0.2) is 34.8 Å². The van der Waals surface area contributed by atoms with Crippen LogP contribution >= 0.6 is 0 Å². The van der Waals surface area contributed by atoms with E-state index < -0.39 is 5.97 Å². The molecule has 0 unspecified atom stereocenters. The third-order valence-corrected chi connectivity index (χ3v) is 3.44. The van der Waals surface area contributed by atoms with Crippen molar-refractivity contribution >= 4 is 17.8 Å². The Morgan fingerprint density at radius 2 is 1.77 bits per heavy atom. The first-order valence-electron chi connectivity index (χ1n) is 6.60. The van der Waals surface area contributed by atoms with Crippen LogP contribution in [0.2, 0.25) is 0 Å². The number of fused-ring (bicyclic) bond motifs is 1. The summed E-state index contributed by atoms with van der Waals surface area (Å²) in [6.45, 7) is 0.0111. The summed E-state index contributed by atoms with van der Waals surface area (Å²) in [6, 6.07) is 9.68. The lowest BCUT2D eigenvalue weighted by molar-refractivity contribution is 0.0599. The Labute approximate surface area is 126 Å². The smallest absolute Gasteiger partial charge is 0.337 e. The number of hydrogen-bond acceptors (Lipinski definition) is 5. The van der Waals surface area contributed by atoms with Gasteiger partial charge in [-0.25, -0.2) is 4.79 Å². The van der Waals surface area contributed by atoms with Crippen molar-refractivity contribution in [1.82, 2.24) is 9.88 Å². The van der Waals surface area contributed by atoms with Crippen LogP contribution in [0.4, 0.5) is 0 Å². The van der Waals surface area contributed by atoms with Crippen LogP contribution < -0.4 is 0 Å². The zero-order valence-corrected chi connectivity index (χ0v) is 11.8. The Bertz CT molecular complexity index is 750. The quantitative estimate of drug-likeness (QED) is 0.636. The lowest BCUT2D eigenvalue weighted by Gasteiger charge is -2.13. The first kappa shape index (κ1) is 13.9. The second kappa shape index (κ2) is 5.40. The minimum atomic E-state index is -0.494. The van der Waals surface area contributed by atoms with Crippen molar-refractivity contribution in [1.29, 1.82) is 0 Å². The maximum absolute atomic E-state index is 12.3. The number of amides is 2. The molecule has 2 amide bonds. The molecule has 22 heavy (non-hydrogen) atoms. The fraction of sp³-hybridized carbons (Fsp3) is 0.125. The van der Waals surface area contributed by atoms with Gasteiger partial charge in [-0.15, -0.1) is 0 Å². The van der Waals surface area contributed by atoms with E-state index >= 15 is 0 Å². The molecule has 0 saturated carbocycles. The molecular formula is C16H12N2O4. The predicted octanol–water partition coefficient (Wildman–Crippen LogP) is 1.66. The molecule has 3 rings (SSSR count). The van der Waals surface area contributed by atoms with Crippen LogP contribution in [0.25, 0.3) is 0 Å². The third kappa shape index (κ3) is 2.24. The number of methoxy groups -OCH3 is 1. The molecule has 6 nitrogen and oxygen atoms in total. The van der Waals surface area contributed by atoms with E-state index in [4.69, 9.17) is 0 Å². The summed E-state index contributed by atoms with van der Waals surface area (Å²) < 4.78 is 4.64. The van der Waals surface area contributed by atoms with Crippen molar-refractivity contribution in [3.63, 3.8) is 0 Å². The van der Waals surface area contributed by atoms with Gasteiger partial charge in [0.05, 0.1) is 36.0 Å². The number of benzene rings is 1. The predicted molar refractivity (Wildman–Crippen MR) is 76.2 cm³/mol. The number of pyridine rings is 1. The van der Waals surface area contributed by atoms with Gasteiger partial charge in [-0.3, -0.25) is 19.5 Å². The maximum Gasteiger partial charge on any atom is 0.337 e. The van der Waals surface area contributed by atoms with E-state index in [-0.39, 0.29) is 18.4 Å². The average Bonchev–Trinajstić information content (AvgIpc) is 2.80. The summed E-state index contributed by atoms with van der Waals surface area (Å²) in [4.78, 5) is 41.3. The molecule has 0 fully saturated rings. The minimum absolute atomic E-state index is 0.0111. The SMILES string of the molecule is COC(=O)c1ccnc(CN2C(=O)c3ccccc3C2=O)c1. The lowest BCUT2D eigenvalue weighted by Crippen LogP contribution is -2.29. The molecule has 0 spiro atoms. The van der Waals surface area contributed by atoms with Crippen LogP contribution in [0.3, 0.4) is 0 Å². The van der Waals surface area contributed by atoms with Crippen molar-refractivity contribution in [3.05, 3.63) is 65.0 Å². The summed E-state index contributed by atoms with van der Waals surface area (Å²) in [7, 11) is 1.28. The number of imide groups is 1. The first-order valence-corrected chi connectivity index (χ1v) is 6.60. The summed E-state index contributed by atoms with van der Waals surface area (Å²) >= 11 is 0. The number of esters is 1. The van der Waals surface area contributed by atoms with E-state index in [9.17, 15) is 14.4 Å². The zero-order valence-electron chi connectivity index (χ0n) is 11.8. The highest BCUT2D eigenvalue weighted by molar-refractivity contribution is 6.21. The lowest BCUT2D eigenvalue weighted by atomic mass is 10.1. The van der Waals surface area contributed by atoms with Gasteiger partial charge in [-0.2, -0.15) is 0 Å². The summed E-state index contributed by atoms with van der Waals surface area (Å²) in [5.41, 5.74) is 1.54. The van der Waals surface area contributed by atoms with E-state index in [0.29, 0.717) is 22.4 Å². The minimum Gasteiger partial charge on any atom is -0.465 e. The Balaban J connectivity index is 1.88. The van der Waals surface area contributed by atoms with E-state index in [1.807, 2.05) is 0 Å². The molecule has 0 N–H and O–H groups in total. The molecule has 1 aliphatic rings. The standard InChI is InChI=1S/C16H12N2O4/c1-22-16(21)10-6-7-17-11(8-10)9-18-14(19)12-4-2-3-5-13(12)15(18)20/h2-8H,9H2,1H3. The van der Waals surface area contributed by atoms with Gasteiger partial charge in [0.15, 0.2) is 0 Å². The van der Waals surface area contributed by atoms with Crippen LogP contribution in [0.5, 0.6) is 0 Å². The summed E-state index contributed by atoms with van der Waals surface area (Å²) in [6.07, 6.45) is 1.44. The van der Waals surface area contributed by atoms with Crippen molar-refractivity contribution in [3.8, 4) is 0 Å². The monoisotopic (exact) mass is 296 g/mol. The van der Waals surface area contributed by atoms with Gasteiger partial charge in [-0.1, -0.05) is 12.1 Å². The zero-order chi connectivity index (χ0) is 15.7. The molecule has 0 bridgehead atoms. The number of ether oxygens (including phenoxy) is 1. The highest BCUT2D eigenvalue weighted by Crippen LogP contribution is 2.23. The summed E-state index contributed by atoms with van der Waals surface area (Å²) in [5, 5.41) is 0. The number of carbonyl (C=O) groups excluding carboxylic acids is 3. The molecule has 0 saturated heterocycles. The molecular weight excluding hydrogens is 284 g/mol. The molecule has 2 aromatic rings. The summed E-state index contributed by atoms with van der Waals surface area (Å²) in [5.74, 6) is -1.21. The van der Waals surface area contributed by atoms with E-state index in [1.165, 1.54) is 25.4 Å². The molecule has 2 heterocycles. The van der Waals surface area contributed by atoms with Crippen molar-refractivity contribution in [2.24, 2.45) is 0 Å². The Kier molecular flexibility index (Phi) is 3.42. The second-order valence-corrected chi connectivity index (χ2v) is 4.77. The van der Waals surface area contributed by atoms with Crippen molar-refractivity contribution in [2.45, 2.75) is 6.54 Å². The van der Waals surface area contributed by atoms with Gasteiger partial charge in [0.25, 0.3) is 11.8 Å². The molecule has 1 aliphatic heterocycles. The molecule has 1 aromatic carbocycles. The molecule has 6 heteroatoms. The van der Waals surface area contributed by atoms with Gasteiger partial charge in [0.2, 0.25) is 0 Å². The van der Waals surface area contributed by atoms with Crippen LogP contribution in [0.1, 0.15) is 36.8 Å². The number of aromatic nitrogens is 1.